The molecule has 1 aliphatic rings. The van der Waals surface area contributed by atoms with Crippen molar-refractivity contribution in [2.75, 3.05) is 0 Å². The Morgan fingerprint density at radius 3 is 2.12 bits per heavy atom. The normalized spacial score (nSPS) is 25.2. The van der Waals surface area contributed by atoms with Gasteiger partial charge in [-0.15, -0.1) is 0 Å². The Morgan fingerprint density at radius 2 is 1.50 bits per heavy atom. The van der Waals surface area contributed by atoms with Gasteiger partial charge in [-0.05, 0) is 19.3 Å². The van der Waals surface area contributed by atoms with Crippen molar-refractivity contribution in [3.8, 4) is 0 Å². The van der Waals surface area contributed by atoms with Crippen molar-refractivity contribution in [2.24, 2.45) is 0 Å². The molecule has 0 amide bonds. The second-order valence-corrected chi connectivity index (χ2v) is 4.55. The van der Waals surface area contributed by atoms with Crippen LogP contribution >= 0.6 is 0 Å². The van der Waals surface area contributed by atoms with Crippen LogP contribution in [0.25, 0.3) is 0 Å². The summed E-state index contributed by atoms with van der Waals surface area (Å²) in [6.07, 6.45) is 10.1. The van der Waals surface area contributed by atoms with E-state index < -0.39 is 6.10 Å². The summed E-state index contributed by atoms with van der Waals surface area (Å²) in [5, 5.41) is 0. The van der Waals surface area contributed by atoms with E-state index in [0.29, 0.717) is 19.3 Å². The Morgan fingerprint density at radius 1 is 0.938 bits per heavy atom. The molecular formula is C13H22O3. The van der Waals surface area contributed by atoms with E-state index in [1.54, 1.807) is 0 Å². The number of hydrogen-bond acceptors (Lipinski definition) is 3. The maximum absolute atomic E-state index is 11.7. The molecule has 1 saturated carbocycles. The molecular weight excluding hydrogens is 204 g/mol. The molecule has 1 aliphatic carbocycles. The van der Waals surface area contributed by atoms with Gasteiger partial charge in [0.25, 0.3) is 6.47 Å². The van der Waals surface area contributed by atoms with E-state index in [4.69, 9.17) is 4.74 Å². The second kappa shape index (κ2) is 8.31. The van der Waals surface area contributed by atoms with Crippen LogP contribution in [0.1, 0.15) is 64.2 Å². The lowest BCUT2D eigenvalue weighted by Crippen LogP contribution is -2.23. The van der Waals surface area contributed by atoms with E-state index in [1.165, 1.54) is 25.7 Å². The third-order valence-electron chi connectivity index (χ3n) is 3.22. The zero-order valence-corrected chi connectivity index (χ0v) is 9.95. The topological polar surface area (TPSA) is 43.4 Å². The molecule has 1 fully saturated rings. The number of rotatable bonds is 2. The van der Waals surface area contributed by atoms with Crippen molar-refractivity contribution in [2.45, 2.75) is 70.3 Å². The SMILES string of the molecule is O=COC1CCCCCCCCCCC1=O. The first-order chi connectivity index (χ1) is 7.84. The van der Waals surface area contributed by atoms with Crippen LogP contribution in [0.4, 0.5) is 0 Å². The molecule has 3 nitrogen and oxygen atoms in total. The summed E-state index contributed by atoms with van der Waals surface area (Å²) in [5.74, 6) is 0.104. The molecule has 1 unspecified atom stereocenters. The lowest BCUT2D eigenvalue weighted by atomic mass is 9.98. The summed E-state index contributed by atoms with van der Waals surface area (Å²) in [4.78, 5) is 22.1. The van der Waals surface area contributed by atoms with Gasteiger partial charge in [-0.2, -0.15) is 0 Å². The maximum atomic E-state index is 11.7. The Balaban J connectivity index is 2.39. The van der Waals surface area contributed by atoms with Crippen molar-refractivity contribution in [1.29, 1.82) is 0 Å². The Kier molecular flexibility index (Phi) is 6.86. The summed E-state index contributed by atoms with van der Waals surface area (Å²) < 4.78 is 4.87. The molecule has 0 spiro atoms. The molecule has 0 heterocycles. The zero-order chi connectivity index (χ0) is 11.6. The van der Waals surface area contributed by atoms with Crippen LogP contribution in [0.5, 0.6) is 0 Å². The summed E-state index contributed by atoms with van der Waals surface area (Å²) in [7, 11) is 0. The molecule has 1 rings (SSSR count). The van der Waals surface area contributed by atoms with Gasteiger partial charge in [0.2, 0.25) is 0 Å². The highest BCUT2D eigenvalue weighted by molar-refractivity contribution is 5.83. The number of carbonyl (C=O) groups excluding carboxylic acids is 2. The van der Waals surface area contributed by atoms with Gasteiger partial charge in [0.1, 0.15) is 0 Å². The minimum absolute atomic E-state index is 0.104. The highest BCUT2D eigenvalue weighted by Crippen LogP contribution is 2.16. The van der Waals surface area contributed by atoms with Crippen molar-refractivity contribution in [1.82, 2.24) is 0 Å². The van der Waals surface area contributed by atoms with Gasteiger partial charge in [0, 0.05) is 6.42 Å². The third kappa shape index (κ3) is 5.29. The molecule has 0 saturated heterocycles. The molecule has 0 bridgehead atoms. The van der Waals surface area contributed by atoms with Gasteiger partial charge in [-0.3, -0.25) is 9.59 Å². The van der Waals surface area contributed by atoms with Crippen molar-refractivity contribution in [3.05, 3.63) is 0 Å². The minimum atomic E-state index is -0.475. The molecule has 0 aromatic heterocycles. The molecule has 0 aliphatic heterocycles. The minimum Gasteiger partial charge on any atom is -0.457 e. The van der Waals surface area contributed by atoms with Crippen LogP contribution in [0.2, 0.25) is 0 Å². The molecule has 92 valence electrons. The second-order valence-electron chi connectivity index (χ2n) is 4.55. The smallest absolute Gasteiger partial charge is 0.293 e. The van der Waals surface area contributed by atoms with E-state index in [-0.39, 0.29) is 5.78 Å². The van der Waals surface area contributed by atoms with Gasteiger partial charge in [0.05, 0.1) is 0 Å². The lowest BCUT2D eigenvalue weighted by molar-refractivity contribution is -0.144. The van der Waals surface area contributed by atoms with Crippen LogP contribution in [0, 0.1) is 0 Å². The Labute approximate surface area is 97.5 Å². The fourth-order valence-electron chi connectivity index (χ4n) is 2.22. The highest BCUT2D eigenvalue weighted by atomic mass is 16.5. The first kappa shape index (κ1) is 13.2. The number of ketones is 1. The number of carbonyl (C=O) groups is 2. The van der Waals surface area contributed by atoms with Crippen LogP contribution in [0.15, 0.2) is 0 Å². The Hall–Kier alpha value is -0.860. The van der Waals surface area contributed by atoms with E-state index >= 15 is 0 Å². The fraction of sp³-hybridized carbons (Fsp3) is 0.846. The first-order valence-electron chi connectivity index (χ1n) is 6.46. The summed E-state index contributed by atoms with van der Waals surface area (Å²) in [6, 6.07) is 0. The van der Waals surface area contributed by atoms with Gasteiger partial charge in [-0.25, -0.2) is 0 Å². The molecule has 16 heavy (non-hydrogen) atoms. The average molecular weight is 226 g/mol. The van der Waals surface area contributed by atoms with E-state index in [2.05, 4.69) is 0 Å². The number of hydrogen-bond donors (Lipinski definition) is 0. The van der Waals surface area contributed by atoms with Crippen LogP contribution in [-0.4, -0.2) is 18.4 Å². The first-order valence-corrected chi connectivity index (χ1v) is 6.46. The largest absolute Gasteiger partial charge is 0.457 e. The van der Waals surface area contributed by atoms with Crippen molar-refractivity contribution in [3.63, 3.8) is 0 Å². The highest BCUT2D eigenvalue weighted by Gasteiger charge is 2.18. The monoisotopic (exact) mass is 226 g/mol. The fourth-order valence-corrected chi connectivity index (χ4v) is 2.22. The predicted octanol–water partition coefficient (Wildman–Crippen LogP) is 3.01. The van der Waals surface area contributed by atoms with Gasteiger partial charge in [-0.1, -0.05) is 38.5 Å². The Bertz CT molecular complexity index is 213. The average Bonchev–Trinajstić information content (AvgIpc) is 2.28. The predicted molar refractivity (Wildman–Crippen MR) is 62.1 cm³/mol. The third-order valence-corrected chi connectivity index (χ3v) is 3.22. The van der Waals surface area contributed by atoms with E-state index in [1.807, 2.05) is 0 Å². The van der Waals surface area contributed by atoms with Gasteiger partial charge in [0.15, 0.2) is 11.9 Å². The molecule has 3 heteroatoms. The summed E-state index contributed by atoms with van der Waals surface area (Å²) >= 11 is 0. The van der Waals surface area contributed by atoms with Gasteiger partial charge >= 0.3 is 0 Å². The van der Waals surface area contributed by atoms with Gasteiger partial charge < -0.3 is 4.74 Å². The van der Waals surface area contributed by atoms with Crippen molar-refractivity contribution < 1.29 is 14.3 Å². The van der Waals surface area contributed by atoms with Crippen molar-refractivity contribution >= 4 is 12.3 Å². The molecule has 1 atom stereocenters. The molecule has 0 N–H and O–H groups in total. The molecule has 0 aromatic carbocycles. The lowest BCUT2D eigenvalue weighted by Gasteiger charge is -2.14. The quantitative estimate of drug-likeness (QED) is 0.680. The molecule has 0 aromatic rings. The standard InChI is InChI=1S/C13H22O3/c14-11-16-13-10-8-6-4-2-1-3-5-7-9-12(13)15/h11,13H,1-10H2. The zero-order valence-electron chi connectivity index (χ0n) is 9.95. The van der Waals surface area contributed by atoms with Crippen LogP contribution < -0.4 is 0 Å². The number of ether oxygens (including phenoxy) is 1. The molecule has 0 radical (unpaired) electrons. The maximum Gasteiger partial charge on any atom is 0.293 e. The van der Waals surface area contributed by atoms with E-state index in [0.717, 1.165) is 25.7 Å². The summed E-state index contributed by atoms with van der Waals surface area (Å²) in [5.41, 5.74) is 0. The van der Waals surface area contributed by atoms with Crippen LogP contribution in [0.3, 0.4) is 0 Å². The number of Topliss-reactive ketones (excluding diaryl/α,β-unsaturated/α-hetero) is 1. The van der Waals surface area contributed by atoms with Crippen LogP contribution in [-0.2, 0) is 14.3 Å². The summed E-state index contributed by atoms with van der Waals surface area (Å²) in [6.45, 7) is 0.411. The van der Waals surface area contributed by atoms with E-state index in [9.17, 15) is 9.59 Å².